The Morgan fingerprint density at radius 1 is 1.10 bits per heavy atom. The van der Waals surface area contributed by atoms with Gasteiger partial charge in [-0.3, -0.25) is 14.2 Å². The minimum Gasteiger partial charge on any atom is -0.324 e. The summed E-state index contributed by atoms with van der Waals surface area (Å²) < 4.78 is 1.39. The van der Waals surface area contributed by atoms with Crippen molar-refractivity contribution in [2.75, 3.05) is 5.32 Å². The first-order valence-corrected chi connectivity index (χ1v) is 11.1. The highest BCUT2D eigenvalue weighted by atomic mass is 35.5. The van der Waals surface area contributed by atoms with E-state index in [1.165, 1.54) is 22.2 Å². The fraction of sp³-hybridized carbons (Fsp3) is 0.208. The van der Waals surface area contributed by atoms with Gasteiger partial charge in [0.05, 0.1) is 11.7 Å². The number of thiophene rings is 1. The molecule has 0 saturated heterocycles. The van der Waals surface area contributed by atoms with Crippen molar-refractivity contribution in [2.45, 2.75) is 33.7 Å². The fourth-order valence-corrected chi connectivity index (χ4v) is 4.70. The number of halogens is 1. The van der Waals surface area contributed by atoms with Crippen LogP contribution in [0.2, 0.25) is 5.02 Å². The van der Waals surface area contributed by atoms with Crippen LogP contribution in [0.1, 0.15) is 29.7 Å². The number of carbonyl (C=O) groups excluding carboxylic acids is 1. The Bertz CT molecular complexity index is 1370. The molecule has 0 spiro atoms. The number of nitrogens with one attached hydrogen (secondary N) is 1. The van der Waals surface area contributed by atoms with Gasteiger partial charge in [-0.1, -0.05) is 41.4 Å². The molecule has 0 fully saturated rings. The van der Waals surface area contributed by atoms with Crippen molar-refractivity contribution in [1.29, 1.82) is 0 Å². The molecule has 0 aliphatic rings. The van der Waals surface area contributed by atoms with Crippen molar-refractivity contribution >= 4 is 44.7 Å². The van der Waals surface area contributed by atoms with E-state index in [0.717, 1.165) is 27.8 Å². The monoisotopic (exact) mass is 451 g/mol. The van der Waals surface area contributed by atoms with Gasteiger partial charge in [-0.25, -0.2) is 4.98 Å². The van der Waals surface area contributed by atoms with E-state index >= 15 is 0 Å². The summed E-state index contributed by atoms with van der Waals surface area (Å²) in [6.45, 7) is 7.65. The standard InChI is InChI=1S/C24H22ClN3O2S/c1-13-5-8-18(15(3)9-13)19-11-31-23-21(19)24(30)28(12-26-23)16(4)22(29)27-20-10-17(25)7-6-14(20)2/h5-12,16H,1-4H3,(H,27,29). The average Bonchev–Trinajstić information content (AvgIpc) is 3.15. The first kappa shape index (κ1) is 21.3. The van der Waals surface area contributed by atoms with Gasteiger partial charge in [-0.05, 0) is 56.5 Å². The lowest BCUT2D eigenvalue weighted by atomic mass is 9.99. The molecular weight excluding hydrogens is 430 g/mol. The molecule has 2 heterocycles. The molecule has 1 unspecified atom stereocenters. The van der Waals surface area contributed by atoms with Crippen molar-refractivity contribution in [3.63, 3.8) is 0 Å². The highest BCUT2D eigenvalue weighted by Gasteiger charge is 2.21. The fourth-order valence-electron chi connectivity index (χ4n) is 3.63. The Kier molecular flexibility index (Phi) is 5.69. The first-order valence-electron chi connectivity index (χ1n) is 9.89. The Hall–Kier alpha value is -2.96. The van der Waals surface area contributed by atoms with Crippen LogP contribution < -0.4 is 10.9 Å². The van der Waals surface area contributed by atoms with E-state index in [-0.39, 0.29) is 11.5 Å². The topological polar surface area (TPSA) is 64.0 Å². The third-order valence-corrected chi connectivity index (χ3v) is 6.57. The summed E-state index contributed by atoms with van der Waals surface area (Å²) in [5.74, 6) is -0.308. The molecule has 0 radical (unpaired) electrons. The number of hydrogen-bond acceptors (Lipinski definition) is 4. The summed E-state index contributed by atoms with van der Waals surface area (Å²) in [4.78, 5) is 31.4. The summed E-state index contributed by atoms with van der Waals surface area (Å²) in [6, 6.07) is 10.7. The molecule has 0 bridgehead atoms. The van der Waals surface area contributed by atoms with E-state index in [1.807, 2.05) is 44.4 Å². The number of amides is 1. The van der Waals surface area contributed by atoms with Gasteiger partial charge in [-0.15, -0.1) is 11.3 Å². The lowest BCUT2D eigenvalue weighted by molar-refractivity contribution is -0.118. The summed E-state index contributed by atoms with van der Waals surface area (Å²) >= 11 is 7.49. The number of nitrogens with zero attached hydrogens (tertiary/aromatic N) is 2. The molecule has 2 aromatic heterocycles. The van der Waals surface area contributed by atoms with Crippen molar-refractivity contribution in [2.24, 2.45) is 0 Å². The van der Waals surface area contributed by atoms with Gasteiger partial charge in [0, 0.05) is 21.7 Å². The minimum atomic E-state index is -0.741. The van der Waals surface area contributed by atoms with Crippen LogP contribution in [0, 0.1) is 20.8 Å². The number of hydrogen-bond donors (Lipinski definition) is 1. The molecular formula is C24H22ClN3O2S. The summed E-state index contributed by atoms with van der Waals surface area (Å²) in [5, 5.41) is 5.90. The van der Waals surface area contributed by atoms with Crippen molar-refractivity contribution in [1.82, 2.24) is 9.55 Å². The van der Waals surface area contributed by atoms with Gasteiger partial charge in [0.1, 0.15) is 10.9 Å². The molecule has 2 aromatic carbocycles. The van der Waals surface area contributed by atoms with Crippen molar-refractivity contribution < 1.29 is 4.79 Å². The van der Waals surface area contributed by atoms with Crippen LogP contribution in [0.5, 0.6) is 0 Å². The maximum Gasteiger partial charge on any atom is 0.263 e. The zero-order valence-corrected chi connectivity index (χ0v) is 19.3. The highest BCUT2D eigenvalue weighted by molar-refractivity contribution is 7.17. The van der Waals surface area contributed by atoms with E-state index in [4.69, 9.17) is 11.6 Å². The van der Waals surface area contributed by atoms with E-state index in [1.54, 1.807) is 19.1 Å². The molecule has 4 aromatic rings. The molecule has 7 heteroatoms. The predicted molar refractivity (Wildman–Crippen MR) is 128 cm³/mol. The van der Waals surface area contributed by atoms with Gasteiger partial charge in [0.15, 0.2) is 0 Å². The van der Waals surface area contributed by atoms with Crippen molar-refractivity contribution in [3.05, 3.63) is 80.2 Å². The van der Waals surface area contributed by atoms with E-state index < -0.39 is 6.04 Å². The molecule has 1 atom stereocenters. The zero-order valence-electron chi connectivity index (χ0n) is 17.7. The van der Waals surface area contributed by atoms with Crippen LogP contribution in [-0.4, -0.2) is 15.5 Å². The van der Waals surface area contributed by atoms with Crippen LogP contribution in [0.15, 0.2) is 52.9 Å². The minimum absolute atomic E-state index is 0.230. The van der Waals surface area contributed by atoms with E-state index in [0.29, 0.717) is 20.9 Å². The Morgan fingerprint density at radius 3 is 2.61 bits per heavy atom. The van der Waals surface area contributed by atoms with Crippen LogP contribution in [-0.2, 0) is 4.79 Å². The summed E-state index contributed by atoms with van der Waals surface area (Å²) in [5.41, 5.74) is 5.39. The van der Waals surface area contributed by atoms with Crippen LogP contribution >= 0.6 is 22.9 Å². The van der Waals surface area contributed by atoms with Crippen molar-refractivity contribution in [3.8, 4) is 11.1 Å². The Morgan fingerprint density at radius 2 is 1.87 bits per heavy atom. The van der Waals surface area contributed by atoms with Crippen LogP contribution in [0.4, 0.5) is 5.69 Å². The second-order valence-corrected chi connectivity index (χ2v) is 9.02. The van der Waals surface area contributed by atoms with Gasteiger partial charge in [0.25, 0.3) is 5.56 Å². The second-order valence-electron chi connectivity index (χ2n) is 7.73. The lowest BCUT2D eigenvalue weighted by Gasteiger charge is -2.16. The maximum atomic E-state index is 13.4. The number of benzene rings is 2. The number of anilines is 1. The number of fused-ring (bicyclic) bond motifs is 1. The number of rotatable bonds is 4. The number of carbonyl (C=O) groups is 1. The Labute approximate surface area is 189 Å². The highest BCUT2D eigenvalue weighted by Crippen LogP contribution is 2.33. The van der Waals surface area contributed by atoms with Crippen LogP contribution in [0.3, 0.4) is 0 Å². The van der Waals surface area contributed by atoms with Gasteiger partial charge < -0.3 is 5.32 Å². The molecule has 1 amide bonds. The molecule has 4 rings (SSSR count). The maximum absolute atomic E-state index is 13.4. The third kappa shape index (κ3) is 4.01. The van der Waals surface area contributed by atoms with Crippen LogP contribution in [0.25, 0.3) is 21.3 Å². The molecule has 5 nitrogen and oxygen atoms in total. The second kappa shape index (κ2) is 8.29. The smallest absolute Gasteiger partial charge is 0.263 e. The molecule has 0 aliphatic carbocycles. The first-order chi connectivity index (χ1) is 14.8. The van der Waals surface area contributed by atoms with Gasteiger partial charge in [-0.2, -0.15) is 0 Å². The van der Waals surface area contributed by atoms with E-state index in [9.17, 15) is 9.59 Å². The molecule has 0 aliphatic heterocycles. The quantitative estimate of drug-likeness (QED) is 0.420. The SMILES string of the molecule is Cc1ccc(-c2csc3ncn(C(C)C(=O)Nc4cc(Cl)ccc4C)c(=O)c23)c(C)c1. The summed E-state index contributed by atoms with van der Waals surface area (Å²) in [6.07, 6.45) is 1.45. The number of aryl methyl sites for hydroxylation is 3. The molecule has 1 N–H and O–H groups in total. The molecule has 31 heavy (non-hydrogen) atoms. The molecule has 0 saturated carbocycles. The van der Waals surface area contributed by atoms with Gasteiger partial charge in [0.2, 0.25) is 5.91 Å². The third-order valence-electron chi connectivity index (χ3n) is 5.45. The normalized spacial score (nSPS) is 12.2. The van der Waals surface area contributed by atoms with Gasteiger partial charge >= 0.3 is 0 Å². The molecule has 158 valence electrons. The Balaban J connectivity index is 1.74. The van der Waals surface area contributed by atoms with E-state index in [2.05, 4.69) is 16.4 Å². The average molecular weight is 452 g/mol. The summed E-state index contributed by atoms with van der Waals surface area (Å²) in [7, 11) is 0. The lowest BCUT2D eigenvalue weighted by Crippen LogP contribution is -2.31. The predicted octanol–water partition coefficient (Wildman–Crippen LogP) is 5.90. The number of aromatic nitrogens is 2. The largest absolute Gasteiger partial charge is 0.324 e. The zero-order chi connectivity index (χ0) is 22.3.